The van der Waals surface area contributed by atoms with Crippen LogP contribution in [0.1, 0.15) is 63.6 Å². The molecule has 1 aliphatic carbocycles. The molecule has 2 atom stereocenters. The summed E-state index contributed by atoms with van der Waals surface area (Å²) in [5.74, 6) is -0.284. The molecule has 1 aliphatic rings. The Morgan fingerprint density at radius 3 is 2.25 bits per heavy atom. The molecule has 0 spiro atoms. The Labute approximate surface area is 259 Å². The minimum absolute atomic E-state index is 0.0679. The van der Waals surface area contributed by atoms with Crippen LogP contribution in [0.4, 0.5) is 5.69 Å². The minimum Gasteiger partial charge on any atom is -0.390 e. The molecule has 2 N–H and O–H groups in total. The largest absolute Gasteiger partial charge is 0.390 e. The number of aromatic nitrogens is 1. The first-order valence-corrected chi connectivity index (χ1v) is 16.6. The zero-order valence-corrected chi connectivity index (χ0v) is 26.2. The van der Waals surface area contributed by atoms with Crippen molar-refractivity contribution in [3.8, 4) is 0 Å². The van der Waals surface area contributed by atoms with Crippen LogP contribution in [0.3, 0.4) is 0 Å². The average Bonchev–Trinajstić information content (AvgIpc) is 3.01. The third kappa shape index (κ3) is 8.49. The Bertz CT molecular complexity index is 1480. The van der Waals surface area contributed by atoms with E-state index in [4.69, 9.17) is 0 Å². The lowest BCUT2D eigenvalue weighted by atomic mass is 9.69. The summed E-state index contributed by atoms with van der Waals surface area (Å²) < 4.78 is 28.6. The fourth-order valence-electron chi connectivity index (χ4n) is 6.05. The van der Waals surface area contributed by atoms with Crippen LogP contribution in [-0.4, -0.2) is 58.9 Å². The van der Waals surface area contributed by atoms with Crippen molar-refractivity contribution >= 4 is 21.6 Å². The maximum atomic E-state index is 13.7. The van der Waals surface area contributed by atoms with Gasteiger partial charge < -0.3 is 10.4 Å². The SMILES string of the molecule is CC(C)CN(CC(O)C(Cc1ccccc1)NC(=O)CC1(c2ccccn2)CCCCC1)S(=O)(=O)c1ccc([N+](=O)[O-])cc1. The number of benzene rings is 2. The normalized spacial score (nSPS) is 16.4. The van der Waals surface area contributed by atoms with Crippen LogP contribution in [0.15, 0.2) is 83.9 Å². The van der Waals surface area contributed by atoms with Crippen LogP contribution >= 0.6 is 0 Å². The molecule has 4 rings (SSSR count). The highest BCUT2D eigenvalue weighted by molar-refractivity contribution is 7.89. The van der Waals surface area contributed by atoms with Crippen LogP contribution in [0.25, 0.3) is 0 Å². The van der Waals surface area contributed by atoms with E-state index in [1.165, 1.54) is 16.4 Å². The first kappa shape index (κ1) is 33.2. The van der Waals surface area contributed by atoms with Crippen molar-refractivity contribution in [2.75, 3.05) is 13.1 Å². The van der Waals surface area contributed by atoms with E-state index in [1.54, 1.807) is 6.20 Å². The molecule has 2 unspecified atom stereocenters. The van der Waals surface area contributed by atoms with Gasteiger partial charge in [0.2, 0.25) is 15.9 Å². The van der Waals surface area contributed by atoms with E-state index in [-0.39, 0.29) is 41.9 Å². The van der Waals surface area contributed by atoms with Crippen LogP contribution in [0.2, 0.25) is 0 Å². The van der Waals surface area contributed by atoms with Crippen molar-refractivity contribution in [3.05, 3.63) is 100 Å². The highest BCUT2D eigenvalue weighted by Crippen LogP contribution is 2.41. The Morgan fingerprint density at radius 2 is 1.66 bits per heavy atom. The number of aliphatic hydroxyl groups is 1. The van der Waals surface area contributed by atoms with Crippen molar-refractivity contribution < 1.29 is 23.2 Å². The molecule has 236 valence electrons. The van der Waals surface area contributed by atoms with Gasteiger partial charge in [0.1, 0.15) is 0 Å². The third-order valence-corrected chi connectivity index (χ3v) is 10.1. The molecule has 0 bridgehead atoms. The number of aliphatic hydroxyl groups excluding tert-OH is 1. The number of pyridine rings is 1. The third-order valence-electron chi connectivity index (χ3n) is 8.27. The predicted octanol–water partition coefficient (Wildman–Crippen LogP) is 5.02. The number of sulfonamides is 1. The van der Waals surface area contributed by atoms with Gasteiger partial charge in [-0.05, 0) is 55.0 Å². The van der Waals surface area contributed by atoms with Crippen molar-refractivity contribution in [2.24, 2.45) is 5.92 Å². The Morgan fingerprint density at radius 1 is 1.00 bits per heavy atom. The average molecular weight is 623 g/mol. The molecule has 1 heterocycles. The number of carbonyl (C=O) groups excluding carboxylic acids is 1. The zero-order valence-electron chi connectivity index (χ0n) is 25.3. The van der Waals surface area contributed by atoms with E-state index >= 15 is 0 Å². The molecule has 0 saturated heterocycles. The number of non-ortho nitro benzene ring substituents is 1. The lowest BCUT2D eigenvalue weighted by Gasteiger charge is -2.37. The molecular weight excluding hydrogens is 580 g/mol. The summed E-state index contributed by atoms with van der Waals surface area (Å²) in [4.78, 5) is 28.7. The smallest absolute Gasteiger partial charge is 0.269 e. The predicted molar refractivity (Wildman–Crippen MR) is 168 cm³/mol. The van der Waals surface area contributed by atoms with Crippen LogP contribution in [0.5, 0.6) is 0 Å². The zero-order chi connectivity index (χ0) is 31.7. The van der Waals surface area contributed by atoms with E-state index < -0.39 is 32.5 Å². The number of hydrogen-bond acceptors (Lipinski definition) is 7. The first-order chi connectivity index (χ1) is 21.0. The second-order valence-electron chi connectivity index (χ2n) is 12.1. The van der Waals surface area contributed by atoms with E-state index in [0.717, 1.165) is 55.5 Å². The molecule has 2 aromatic carbocycles. The van der Waals surface area contributed by atoms with Gasteiger partial charge in [0.25, 0.3) is 5.69 Å². The second kappa shape index (κ2) is 14.9. The highest BCUT2D eigenvalue weighted by Gasteiger charge is 2.38. The molecule has 1 saturated carbocycles. The monoisotopic (exact) mass is 622 g/mol. The molecule has 44 heavy (non-hydrogen) atoms. The van der Waals surface area contributed by atoms with Crippen molar-refractivity contribution in [1.82, 2.24) is 14.6 Å². The number of hydrogen-bond donors (Lipinski definition) is 2. The molecule has 10 nitrogen and oxygen atoms in total. The maximum absolute atomic E-state index is 13.7. The quantitative estimate of drug-likeness (QED) is 0.190. The Balaban J connectivity index is 1.58. The van der Waals surface area contributed by atoms with Gasteiger partial charge >= 0.3 is 0 Å². The Kier molecular flexibility index (Phi) is 11.2. The number of amides is 1. The van der Waals surface area contributed by atoms with Crippen LogP contribution < -0.4 is 5.32 Å². The number of carbonyl (C=O) groups is 1. The fraction of sp³-hybridized carbons (Fsp3) is 0.455. The van der Waals surface area contributed by atoms with Crippen molar-refractivity contribution in [1.29, 1.82) is 0 Å². The van der Waals surface area contributed by atoms with Gasteiger partial charge in [0.05, 0.1) is 22.0 Å². The van der Waals surface area contributed by atoms with Crippen LogP contribution in [0, 0.1) is 16.0 Å². The topological polar surface area (TPSA) is 143 Å². The van der Waals surface area contributed by atoms with Gasteiger partial charge in [-0.3, -0.25) is 19.9 Å². The number of nitrogens with zero attached hydrogens (tertiary/aromatic N) is 3. The minimum atomic E-state index is -4.11. The highest BCUT2D eigenvalue weighted by atomic mass is 32.2. The number of rotatable bonds is 14. The van der Waals surface area contributed by atoms with Gasteiger partial charge in [-0.1, -0.05) is 69.5 Å². The summed E-state index contributed by atoms with van der Waals surface area (Å²) in [5.41, 5.74) is 1.18. The van der Waals surface area contributed by atoms with Gasteiger partial charge in [0.15, 0.2) is 0 Å². The van der Waals surface area contributed by atoms with Crippen LogP contribution in [-0.2, 0) is 26.7 Å². The molecular formula is C33H42N4O6S. The number of nitro groups is 1. The standard InChI is InChI=1S/C33H42N4O6S/c1-25(2)23-36(44(42,43)28-16-14-27(15-17-28)37(40)41)24-30(38)29(21-26-11-5-3-6-12-26)35-32(39)22-33(18-8-4-9-19-33)31-13-7-10-20-34-31/h3,5-7,10-17,20,25,29-30,38H,4,8-9,18-19,21-24H2,1-2H3,(H,35,39). The molecule has 1 fully saturated rings. The molecule has 1 amide bonds. The fourth-order valence-corrected chi connectivity index (χ4v) is 7.67. The summed E-state index contributed by atoms with van der Waals surface area (Å²) in [7, 11) is -4.11. The molecule has 3 aromatic rings. The second-order valence-corrected chi connectivity index (χ2v) is 14.1. The van der Waals surface area contributed by atoms with E-state index in [1.807, 2.05) is 62.4 Å². The first-order valence-electron chi connectivity index (χ1n) is 15.2. The summed E-state index contributed by atoms with van der Waals surface area (Å²) in [6, 6.07) is 19.2. The summed E-state index contributed by atoms with van der Waals surface area (Å²) >= 11 is 0. The summed E-state index contributed by atoms with van der Waals surface area (Å²) in [5, 5.41) is 25.8. The Hall–Kier alpha value is -3.67. The summed E-state index contributed by atoms with van der Waals surface area (Å²) in [6.07, 6.45) is 5.85. The molecule has 11 heteroatoms. The molecule has 0 aliphatic heterocycles. The van der Waals surface area contributed by atoms with Crippen molar-refractivity contribution in [2.45, 2.75) is 81.2 Å². The van der Waals surface area contributed by atoms with E-state index in [2.05, 4.69) is 10.3 Å². The van der Waals surface area contributed by atoms with Crippen molar-refractivity contribution in [3.63, 3.8) is 0 Å². The number of nitro benzene ring substituents is 1. The lowest BCUT2D eigenvalue weighted by molar-refractivity contribution is -0.384. The van der Waals surface area contributed by atoms with Gasteiger partial charge in [0, 0.05) is 48.9 Å². The maximum Gasteiger partial charge on any atom is 0.269 e. The van der Waals surface area contributed by atoms with E-state index in [0.29, 0.717) is 6.42 Å². The molecule has 0 radical (unpaired) electrons. The lowest BCUT2D eigenvalue weighted by Crippen LogP contribution is -2.52. The van der Waals surface area contributed by atoms with Gasteiger partial charge in [-0.25, -0.2) is 8.42 Å². The van der Waals surface area contributed by atoms with E-state index in [9.17, 15) is 28.4 Å². The molecule has 1 aromatic heterocycles. The summed E-state index contributed by atoms with van der Waals surface area (Å²) in [6.45, 7) is 3.59. The van der Waals surface area contributed by atoms with Gasteiger partial charge in [-0.2, -0.15) is 4.31 Å². The number of nitrogens with one attached hydrogen (secondary N) is 1. The van der Waals surface area contributed by atoms with Gasteiger partial charge in [-0.15, -0.1) is 0 Å².